The number of rotatable bonds is 3. The van der Waals surface area contributed by atoms with Crippen LogP contribution in [0.25, 0.3) is 5.69 Å². The summed E-state index contributed by atoms with van der Waals surface area (Å²) in [7, 11) is -2.25. The van der Waals surface area contributed by atoms with Crippen molar-refractivity contribution in [3.05, 3.63) is 40.5 Å². The zero-order chi connectivity index (χ0) is 13.3. The SMILES string of the molecule is CNS(=O)(=O)c1ccnn1-c1ccc(Cl)c(Cl)c1. The molecule has 18 heavy (non-hydrogen) atoms. The average molecular weight is 306 g/mol. The molecule has 0 unspecified atom stereocenters. The Bertz CT molecular complexity index is 682. The summed E-state index contributed by atoms with van der Waals surface area (Å²) in [5, 5.41) is 4.72. The number of halogens is 2. The van der Waals surface area contributed by atoms with Crippen LogP contribution in [0, 0.1) is 0 Å². The summed E-state index contributed by atoms with van der Waals surface area (Å²) >= 11 is 11.7. The minimum absolute atomic E-state index is 0.0309. The van der Waals surface area contributed by atoms with Gasteiger partial charge in [-0.2, -0.15) is 5.10 Å². The van der Waals surface area contributed by atoms with Gasteiger partial charge in [-0.05, 0) is 31.3 Å². The molecule has 2 rings (SSSR count). The summed E-state index contributed by atoms with van der Waals surface area (Å²) in [4.78, 5) is 0. The summed E-state index contributed by atoms with van der Waals surface area (Å²) in [6.07, 6.45) is 1.40. The molecule has 1 aromatic heterocycles. The van der Waals surface area contributed by atoms with Gasteiger partial charge in [0.15, 0.2) is 5.03 Å². The third-order valence-electron chi connectivity index (χ3n) is 2.30. The van der Waals surface area contributed by atoms with Gasteiger partial charge in [0.25, 0.3) is 10.0 Å². The zero-order valence-electron chi connectivity index (χ0n) is 9.26. The second kappa shape index (κ2) is 4.89. The molecule has 0 spiro atoms. The van der Waals surface area contributed by atoms with Gasteiger partial charge in [0, 0.05) is 0 Å². The van der Waals surface area contributed by atoms with Crippen LogP contribution in [0.1, 0.15) is 0 Å². The number of aromatic nitrogens is 2. The zero-order valence-corrected chi connectivity index (χ0v) is 11.6. The first-order valence-corrected chi connectivity index (χ1v) is 7.12. The fraction of sp³-hybridized carbons (Fsp3) is 0.100. The van der Waals surface area contributed by atoms with Crippen molar-refractivity contribution < 1.29 is 8.42 Å². The molecule has 8 heteroatoms. The van der Waals surface area contributed by atoms with Crippen molar-refractivity contribution in [1.82, 2.24) is 14.5 Å². The maximum absolute atomic E-state index is 11.8. The topological polar surface area (TPSA) is 64.0 Å². The maximum atomic E-state index is 11.8. The molecule has 2 aromatic rings. The molecule has 0 aliphatic heterocycles. The molecular weight excluding hydrogens is 297 g/mol. The molecule has 0 aliphatic carbocycles. The maximum Gasteiger partial charge on any atom is 0.257 e. The molecule has 0 saturated carbocycles. The molecule has 0 atom stereocenters. The first-order chi connectivity index (χ1) is 8.45. The summed E-state index contributed by atoms with van der Waals surface area (Å²) in [5.41, 5.74) is 0.517. The summed E-state index contributed by atoms with van der Waals surface area (Å²) < 4.78 is 27.1. The third-order valence-corrected chi connectivity index (χ3v) is 4.44. The molecule has 1 N–H and O–H groups in total. The van der Waals surface area contributed by atoms with Crippen LogP contribution in [0.3, 0.4) is 0 Å². The van der Waals surface area contributed by atoms with E-state index in [1.54, 1.807) is 18.2 Å². The van der Waals surface area contributed by atoms with E-state index in [-0.39, 0.29) is 5.03 Å². The molecule has 96 valence electrons. The van der Waals surface area contributed by atoms with E-state index in [0.717, 1.165) is 0 Å². The Morgan fingerprint density at radius 2 is 1.94 bits per heavy atom. The monoisotopic (exact) mass is 305 g/mol. The Balaban J connectivity index is 2.59. The second-order valence-corrected chi connectivity index (χ2v) is 6.04. The first kappa shape index (κ1) is 13.4. The van der Waals surface area contributed by atoms with Crippen molar-refractivity contribution in [2.45, 2.75) is 5.03 Å². The van der Waals surface area contributed by atoms with Crippen molar-refractivity contribution in [2.24, 2.45) is 0 Å². The average Bonchev–Trinajstić information content (AvgIpc) is 2.82. The van der Waals surface area contributed by atoms with Gasteiger partial charge in [-0.25, -0.2) is 17.8 Å². The van der Waals surface area contributed by atoms with Gasteiger partial charge in [0.05, 0.1) is 21.9 Å². The number of hydrogen-bond acceptors (Lipinski definition) is 3. The highest BCUT2D eigenvalue weighted by molar-refractivity contribution is 7.89. The van der Waals surface area contributed by atoms with Crippen LogP contribution in [0.4, 0.5) is 0 Å². The van der Waals surface area contributed by atoms with Gasteiger partial charge < -0.3 is 0 Å². The highest BCUT2D eigenvalue weighted by Gasteiger charge is 2.18. The van der Waals surface area contributed by atoms with Gasteiger partial charge in [-0.15, -0.1) is 0 Å². The molecule has 1 aromatic carbocycles. The van der Waals surface area contributed by atoms with Crippen LogP contribution in [-0.2, 0) is 10.0 Å². The molecule has 0 radical (unpaired) electrons. The van der Waals surface area contributed by atoms with E-state index >= 15 is 0 Å². The largest absolute Gasteiger partial charge is 0.257 e. The Morgan fingerprint density at radius 3 is 2.56 bits per heavy atom. The normalized spacial score (nSPS) is 11.7. The van der Waals surface area contributed by atoms with Crippen molar-refractivity contribution in [3.63, 3.8) is 0 Å². The fourth-order valence-corrected chi connectivity index (χ4v) is 2.53. The quantitative estimate of drug-likeness (QED) is 0.944. The number of nitrogens with one attached hydrogen (secondary N) is 1. The molecule has 1 heterocycles. The molecular formula is C10H9Cl2N3O2S. The molecule has 0 bridgehead atoms. The standard InChI is InChI=1S/C10H9Cl2N3O2S/c1-13-18(16,17)10-4-5-14-15(10)7-2-3-8(11)9(12)6-7/h2-6,13H,1H3. The van der Waals surface area contributed by atoms with E-state index in [4.69, 9.17) is 23.2 Å². The summed E-state index contributed by atoms with van der Waals surface area (Å²) in [6.45, 7) is 0. The number of nitrogens with zero attached hydrogens (tertiary/aromatic N) is 2. The van der Waals surface area contributed by atoms with Crippen LogP contribution >= 0.6 is 23.2 Å². The number of sulfonamides is 1. The van der Waals surface area contributed by atoms with Gasteiger partial charge in [-0.1, -0.05) is 23.2 Å². The lowest BCUT2D eigenvalue weighted by atomic mass is 10.3. The molecule has 0 saturated heterocycles. The minimum Gasteiger partial charge on any atom is -0.221 e. The van der Waals surface area contributed by atoms with Crippen molar-refractivity contribution >= 4 is 33.2 Å². The fourth-order valence-electron chi connectivity index (χ4n) is 1.41. The van der Waals surface area contributed by atoms with Gasteiger partial charge >= 0.3 is 0 Å². The van der Waals surface area contributed by atoms with Crippen molar-refractivity contribution in [3.8, 4) is 5.69 Å². The molecule has 0 aliphatic rings. The van der Waals surface area contributed by atoms with Gasteiger partial charge in [-0.3, -0.25) is 0 Å². The second-order valence-electron chi connectivity index (χ2n) is 3.39. The van der Waals surface area contributed by atoms with Crippen LogP contribution in [0.5, 0.6) is 0 Å². The smallest absolute Gasteiger partial charge is 0.221 e. The lowest BCUT2D eigenvalue weighted by Crippen LogP contribution is -2.21. The van der Waals surface area contributed by atoms with Gasteiger partial charge in [0.1, 0.15) is 0 Å². The van der Waals surface area contributed by atoms with E-state index < -0.39 is 10.0 Å². The van der Waals surface area contributed by atoms with Crippen molar-refractivity contribution in [2.75, 3.05) is 7.05 Å². The van der Waals surface area contributed by atoms with Gasteiger partial charge in [0.2, 0.25) is 0 Å². The minimum atomic E-state index is -3.58. The summed E-state index contributed by atoms with van der Waals surface area (Å²) in [5.74, 6) is 0. The predicted molar refractivity (Wildman–Crippen MR) is 69.8 cm³/mol. The Hall–Kier alpha value is -1.08. The van der Waals surface area contributed by atoms with Crippen molar-refractivity contribution in [1.29, 1.82) is 0 Å². The van der Waals surface area contributed by atoms with E-state index in [9.17, 15) is 8.42 Å². The summed E-state index contributed by atoms with van der Waals surface area (Å²) in [6, 6.07) is 6.16. The number of hydrogen-bond donors (Lipinski definition) is 1. The Kier molecular flexibility index (Phi) is 3.63. The van der Waals surface area contributed by atoms with E-state index in [2.05, 4.69) is 9.82 Å². The lowest BCUT2D eigenvalue weighted by molar-refractivity contribution is 0.578. The van der Waals surface area contributed by atoms with Crippen LogP contribution in [-0.4, -0.2) is 25.2 Å². The molecule has 0 fully saturated rings. The highest BCUT2D eigenvalue weighted by atomic mass is 35.5. The molecule has 5 nitrogen and oxygen atoms in total. The number of benzene rings is 1. The Labute approximate surface area is 114 Å². The predicted octanol–water partition coefficient (Wildman–Crippen LogP) is 2.09. The first-order valence-electron chi connectivity index (χ1n) is 4.89. The van der Waals surface area contributed by atoms with Crippen LogP contribution < -0.4 is 4.72 Å². The van der Waals surface area contributed by atoms with E-state index in [1.807, 2.05) is 0 Å². The van der Waals surface area contributed by atoms with E-state index in [0.29, 0.717) is 15.7 Å². The Morgan fingerprint density at radius 1 is 1.22 bits per heavy atom. The third kappa shape index (κ3) is 2.37. The van der Waals surface area contributed by atoms with Crippen LogP contribution in [0.2, 0.25) is 10.0 Å². The van der Waals surface area contributed by atoms with Crippen LogP contribution in [0.15, 0.2) is 35.5 Å². The highest BCUT2D eigenvalue weighted by Crippen LogP contribution is 2.25. The molecule has 0 amide bonds. The van der Waals surface area contributed by atoms with E-state index in [1.165, 1.54) is 24.0 Å². The lowest BCUT2D eigenvalue weighted by Gasteiger charge is -2.08.